The van der Waals surface area contributed by atoms with Crippen LogP contribution in [-0.2, 0) is 14.6 Å². The molecule has 2 saturated carbocycles. The predicted molar refractivity (Wildman–Crippen MR) is 107 cm³/mol. The molecule has 0 spiro atoms. The minimum absolute atomic E-state index is 0.0278. The monoisotopic (exact) mass is 427 g/mol. The van der Waals surface area contributed by atoms with Crippen LogP contribution in [-0.4, -0.2) is 68.8 Å². The molecule has 1 aliphatic heterocycles. The van der Waals surface area contributed by atoms with E-state index in [4.69, 9.17) is 0 Å². The van der Waals surface area contributed by atoms with Gasteiger partial charge in [0.1, 0.15) is 0 Å². The van der Waals surface area contributed by atoms with Gasteiger partial charge >= 0.3 is 0 Å². The molecule has 3 fully saturated rings. The Balaban J connectivity index is 1.44. The van der Waals surface area contributed by atoms with Gasteiger partial charge in [0.05, 0.1) is 23.3 Å². The minimum Gasteiger partial charge on any atom is -0.335 e. The second-order valence-electron chi connectivity index (χ2n) is 8.28. The lowest BCUT2D eigenvalue weighted by Crippen LogP contribution is -2.49. The van der Waals surface area contributed by atoms with E-state index in [1.54, 1.807) is 0 Å². The highest BCUT2D eigenvalue weighted by atomic mass is 32.2. The van der Waals surface area contributed by atoms with Crippen LogP contribution in [0.2, 0.25) is 0 Å². The van der Waals surface area contributed by atoms with Crippen LogP contribution in [0, 0.1) is 0 Å². The Morgan fingerprint density at radius 3 is 2.43 bits per heavy atom. The zero-order chi connectivity index (χ0) is 19.6. The third-order valence-corrected chi connectivity index (χ3v) is 8.98. The third-order valence-electron chi connectivity index (χ3n) is 6.32. The molecule has 2 heterocycles. The lowest BCUT2D eigenvalue weighted by Gasteiger charge is -2.38. The standard InChI is InChI=1S/C18H29N5O3S2/c24-17(12-27-18-19-20-21-23(18)15-8-4-5-9-15)22(14-6-2-1-3-7-14)16-10-11-28(25,26)13-16/h14-16H,1-13H2/t16-/m0/s1. The van der Waals surface area contributed by atoms with Crippen molar-refractivity contribution >= 4 is 27.5 Å². The van der Waals surface area contributed by atoms with Crippen molar-refractivity contribution in [1.29, 1.82) is 0 Å². The van der Waals surface area contributed by atoms with Gasteiger partial charge in [-0.25, -0.2) is 13.1 Å². The molecule has 4 rings (SSSR count). The average Bonchev–Trinajstić information content (AvgIpc) is 3.41. The fraction of sp³-hybridized carbons (Fsp3) is 0.889. The molecule has 0 unspecified atom stereocenters. The number of thioether (sulfide) groups is 1. The molecular weight excluding hydrogens is 398 g/mol. The SMILES string of the molecule is O=C(CSc1nnnn1C1CCCC1)N(C1CCCCC1)[C@H]1CCS(=O)(=O)C1. The Labute approximate surface area is 170 Å². The first-order valence-electron chi connectivity index (χ1n) is 10.5. The molecule has 1 aromatic heterocycles. The first kappa shape index (κ1) is 20.1. The van der Waals surface area contributed by atoms with Crippen LogP contribution in [0.25, 0.3) is 0 Å². The molecular formula is C18H29N5O3S2. The van der Waals surface area contributed by atoms with Crippen LogP contribution in [0.1, 0.15) is 70.3 Å². The number of hydrogen-bond donors (Lipinski definition) is 0. The molecule has 0 radical (unpaired) electrons. The highest BCUT2D eigenvalue weighted by Crippen LogP contribution is 2.32. The second-order valence-corrected chi connectivity index (χ2v) is 11.5. The zero-order valence-electron chi connectivity index (χ0n) is 16.2. The first-order valence-corrected chi connectivity index (χ1v) is 13.3. The van der Waals surface area contributed by atoms with Crippen molar-refractivity contribution in [3.8, 4) is 0 Å². The Morgan fingerprint density at radius 2 is 1.75 bits per heavy atom. The van der Waals surface area contributed by atoms with Crippen molar-refractivity contribution in [2.75, 3.05) is 17.3 Å². The van der Waals surface area contributed by atoms with Crippen molar-refractivity contribution in [2.24, 2.45) is 0 Å². The lowest BCUT2D eigenvalue weighted by atomic mass is 9.93. The van der Waals surface area contributed by atoms with Gasteiger partial charge in [-0.3, -0.25) is 4.79 Å². The van der Waals surface area contributed by atoms with Crippen LogP contribution in [0.15, 0.2) is 5.16 Å². The maximum atomic E-state index is 13.2. The van der Waals surface area contributed by atoms with Crippen molar-refractivity contribution in [2.45, 2.75) is 87.5 Å². The van der Waals surface area contributed by atoms with E-state index in [2.05, 4.69) is 15.5 Å². The summed E-state index contributed by atoms with van der Waals surface area (Å²) in [6.07, 6.45) is 10.5. The van der Waals surface area contributed by atoms with Crippen molar-refractivity contribution in [3.63, 3.8) is 0 Å². The minimum atomic E-state index is -3.03. The van der Waals surface area contributed by atoms with E-state index >= 15 is 0 Å². The maximum Gasteiger partial charge on any atom is 0.233 e. The molecule has 156 valence electrons. The van der Waals surface area contributed by atoms with E-state index in [1.165, 1.54) is 31.0 Å². The summed E-state index contributed by atoms with van der Waals surface area (Å²) >= 11 is 1.39. The van der Waals surface area contributed by atoms with Crippen LogP contribution in [0.4, 0.5) is 0 Å². The highest BCUT2D eigenvalue weighted by molar-refractivity contribution is 7.99. The number of carbonyl (C=O) groups is 1. The fourth-order valence-electron chi connectivity index (χ4n) is 4.92. The number of tetrazole rings is 1. The molecule has 1 saturated heterocycles. The summed E-state index contributed by atoms with van der Waals surface area (Å²) in [6, 6.07) is 0.333. The van der Waals surface area contributed by atoms with E-state index in [1.807, 2.05) is 9.58 Å². The number of rotatable bonds is 6. The van der Waals surface area contributed by atoms with E-state index in [0.717, 1.165) is 38.5 Å². The summed E-state index contributed by atoms with van der Waals surface area (Å²) in [5, 5.41) is 12.8. The molecule has 0 N–H and O–H groups in total. The molecule has 1 amide bonds. The van der Waals surface area contributed by atoms with E-state index < -0.39 is 9.84 Å². The molecule has 0 aromatic carbocycles. The molecule has 8 nitrogen and oxygen atoms in total. The molecule has 1 atom stereocenters. The number of sulfone groups is 1. The average molecular weight is 428 g/mol. The van der Waals surface area contributed by atoms with Crippen LogP contribution >= 0.6 is 11.8 Å². The summed E-state index contributed by atoms with van der Waals surface area (Å²) in [4.78, 5) is 15.1. The summed E-state index contributed by atoms with van der Waals surface area (Å²) in [6.45, 7) is 0. The molecule has 0 bridgehead atoms. The van der Waals surface area contributed by atoms with Gasteiger partial charge in [0.2, 0.25) is 11.1 Å². The molecule has 10 heteroatoms. The van der Waals surface area contributed by atoms with E-state index in [-0.39, 0.29) is 35.2 Å². The smallest absolute Gasteiger partial charge is 0.233 e. The van der Waals surface area contributed by atoms with Crippen molar-refractivity contribution < 1.29 is 13.2 Å². The Morgan fingerprint density at radius 1 is 1.04 bits per heavy atom. The normalized spacial score (nSPS) is 25.9. The van der Waals surface area contributed by atoms with Gasteiger partial charge in [0.15, 0.2) is 9.84 Å². The van der Waals surface area contributed by atoms with Gasteiger partial charge < -0.3 is 4.90 Å². The summed E-state index contributed by atoms with van der Waals surface area (Å²) in [5.74, 6) is 0.598. The predicted octanol–water partition coefficient (Wildman–Crippen LogP) is 2.23. The zero-order valence-corrected chi connectivity index (χ0v) is 17.8. The number of nitrogens with zero attached hydrogens (tertiary/aromatic N) is 5. The van der Waals surface area contributed by atoms with Gasteiger partial charge in [0, 0.05) is 12.1 Å². The van der Waals surface area contributed by atoms with Gasteiger partial charge in [-0.2, -0.15) is 0 Å². The summed E-state index contributed by atoms with van der Waals surface area (Å²) in [5.41, 5.74) is 0. The Bertz CT molecular complexity index is 785. The highest BCUT2D eigenvalue weighted by Gasteiger charge is 2.38. The largest absolute Gasteiger partial charge is 0.335 e. The Kier molecular flexibility index (Phi) is 6.24. The fourth-order valence-corrected chi connectivity index (χ4v) is 7.44. The number of carbonyl (C=O) groups excluding carboxylic acids is 1. The Hall–Kier alpha value is -1.16. The van der Waals surface area contributed by atoms with Crippen LogP contribution < -0.4 is 0 Å². The number of aromatic nitrogens is 4. The first-order chi connectivity index (χ1) is 13.5. The number of hydrogen-bond acceptors (Lipinski definition) is 7. The van der Waals surface area contributed by atoms with E-state index in [9.17, 15) is 13.2 Å². The second kappa shape index (κ2) is 8.69. The maximum absolute atomic E-state index is 13.2. The summed E-state index contributed by atoms with van der Waals surface area (Å²) < 4.78 is 25.9. The lowest BCUT2D eigenvalue weighted by molar-refractivity contribution is -0.133. The number of amides is 1. The van der Waals surface area contributed by atoms with Gasteiger partial charge in [-0.05, 0) is 42.5 Å². The molecule has 2 aliphatic carbocycles. The van der Waals surface area contributed by atoms with Crippen molar-refractivity contribution in [3.05, 3.63) is 0 Å². The van der Waals surface area contributed by atoms with Gasteiger partial charge in [-0.1, -0.05) is 43.9 Å². The van der Waals surface area contributed by atoms with Crippen molar-refractivity contribution in [1.82, 2.24) is 25.1 Å². The van der Waals surface area contributed by atoms with E-state index in [0.29, 0.717) is 17.6 Å². The van der Waals surface area contributed by atoms with Gasteiger partial charge in [0.25, 0.3) is 0 Å². The topological polar surface area (TPSA) is 98.1 Å². The molecule has 28 heavy (non-hydrogen) atoms. The van der Waals surface area contributed by atoms with Crippen LogP contribution in [0.5, 0.6) is 0 Å². The summed E-state index contributed by atoms with van der Waals surface area (Å²) in [7, 11) is -3.03. The molecule has 3 aliphatic rings. The molecule has 1 aromatic rings. The quantitative estimate of drug-likeness (QED) is 0.642. The van der Waals surface area contributed by atoms with Gasteiger partial charge in [-0.15, -0.1) is 5.10 Å². The van der Waals surface area contributed by atoms with Crippen LogP contribution in [0.3, 0.4) is 0 Å². The third kappa shape index (κ3) is 4.53.